The molecule has 3 fully saturated rings. The predicted molar refractivity (Wildman–Crippen MR) is 117 cm³/mol. The van der Waals surface area contributed by atoms with Crippen LogP contribution in [0, 0.1) is 17.8 Å². The lowest BCUT2D eigenvalue weighted by atomic mass is 9.78. The van der Waals surface area contributed by atoms with E-state index in [0.717, 1.165) is 25.3 Å². The molecule has 1 amide bonds. The minimum Gasteiger partial charge on any atom is -0.390 e. The number of aliphatic hydroxyl groups is 2. The quantitative estimate of drug-likeness (QED) is 0.474. The molecular weight excluding hydrogens is 388 g/mol. The largest absolute Gasteiger partial charge is 0.390 e. The first-order valence-electron chi connectivity index (χ1n) is 11.5. The molecule has 29 heavy (non-hydrogen) atoms. The van der Waals surface area contributed by atoms with Crippen molar-refractivity contribution in [2.75, 3.05) is 12.8 Å². The maximum absolute atomic E-state index is 13.1. The normalized spacial score (nSPS) is 37.2. The Morgan fingerprint density at radius 2 is 1.90 bits per heavy atom. The van der Waals surface area contributed by atoms with Gasteiger partial charge in [0.1, 0.15) is 17.6 Å². The second-order valence-corrected chi connectivity index (χ2v) is 10.6. The third kappa shape index (κ3) is 6.10. The lowest BCUT2D eigenvalue weighted by Gasteiger charge is -2.42. The number of aliphatic hydroxyl groups excluding tert-OH is 2. The number of hydrogen-bond acceptors (Lipinski definition) is 6. The van der Waals surface area contributed by atoms with Crippen LogP contribution in [0.3, 0.4) is 0 Å². The van der Waals surface area contributed by atoms with Crippen LogP contribution in [0.2, 0.25) is 0 Å². The topological polar surface area (TPSA) is 90.8 Å². The Labute approximate surface area is 179 Å². The third-order valence-electron chi connectivity index (χ3n) is 7.15. The summed E-state index contributed by atoms with van der Waals surface area (Å²) in [5.41, 5.74) is -0.166. The number of thioether (sulfide) groups is 1. The second-order valence-electron chi connectivity index (χ2n) is 9.61. The van der Waals surface area contributed by atoms with Gasteiger partial charge >= 0.3 is 0 Å². The Hall–Kier alpha value is -0.340. The van der Waals surface area contributed by atoms with Crippen LogP contribution in [0.25, 0.3) is 0 Å². The Kier molecular flexibility index (Phi) is 8.69. The van der Waals surface area contributed by atoms with Crippen molar-refractivity contribution in [2.45, 2.75) is 101 Å². The number of carbonyl (C=O) groups excluding carboxylic acids is 1. The summed E-state index contributed by atoms with van der Waals surface area (Å²) in [6.45, 7) is 4.92. The maximum Gasteiger partial charge on any atom is 0.237 e. The summed E-state index contributed by atoms with van der Waals surface area (Å²) < 4.78 is 6.05. The van der Waals surface area contributed by atoms with Gasteiger partial charge in [0.05, 0.1) is 18.2 Å². The van der Waals surface area contributed by atoms with E-state index in [1.165, 1.54) is 43.9 Å². The van der Waals surface area contributed by atoms with Crippen LogP contribution in [0.4, 0.5) is 0 Å². The first-order valence-corrected chi connectivity index (χ1v) is 12.8. The summed E-state index contributed by atoms with van der Waals surface area (Å²) in [4.78, 5) is 13.1. The van der Waals surface area contributed by atoms with Crippen LogP contribution < -0.4 is 10.6 Å². The molecule has 168 valence electrons. The van der Waals surface area contributed by atoms with Gasteiger partial charge in [0.25, 0.3) is 0 Å². The van der Waals surface area contributed by atoms with Crippen molar-refractivity contribution in [1.82, 2.24) is 10.6 Å². The van der Waals surface area contributed by atoms with Gasteiger partial charge in [0.15, 0.2) is 0 Å². The van der Waals surface area contributed by atoms with Gasteiger partial charge in [-0.2, -0.15) is 0 Å². The van der Waals surface area contributed by atoms with E-state index in [9.17, 15) is 15.0 Å². The van der Waals surface area contributed by atoms with Crippen molar-refractivity contribution in [2.24, 2.45) is 17.8 Å². The van der Waals surface area contributed by atoms with Crippen molar-refractivity contribution in [3.63, 3.8) is 0 Å². The summed E-state index contributed by atoms with van der Waals surface area (Å²) in [6.07, 6.45) is 8.67. The number of rotatable bonds is 8. The van der Waals surface area contributed by atoms with Crippen LogP contribution in [-0.4, -0.2) is 64.8 Å². The van der Waals surface area contributed by atoms with Crippen molar-refractivity contribution < 1.29 is 19.7 Å². The number of ether oxygens (including phenoxy) is 1. The standard InChI is InChI=1S/C22H40N2O4S/c1-13(2)19(21-20(26)17(25)12-18(28-21)29-3)24-22(27)16-11-15(9-10-23-16)8-7-14-5-4-6-14/h13-21,23,25-26H,4-12H2,1-3H3,(H,24,27)/t15-,16+,17-,18-,19-,20-,21-/m1/s1. The average molecular weight is 429 g/mol. The predicted octanol–water partition coefficient (Wildman–Crippen LogP) is 2.28. The zero-order chi connectivity index (χ0) is 21.0. The molecule has 1 saturated carbocycles. The highest BCUT2D eigenvalue weighted by Gasteiger charge is 2.43. The van der Waals surface area contributed by atoms with Crippen molar-refractivity contribution in [3.05, 3.63) is 0 Å². The number of carbonyl (C=O) groups is 1. The lowest BCUT2D eigenvalue weighted by molar-refractivity contribution is -0.162. The van der Waals surface area contributed by atoms with Gasteiger partial charge in [-0.05, 0) is 43.4 Å². The van der Waals surface area contributed by atoms with E-state index in [0.29, 0.717) is 12.3 Å². The lowest BCUT2D eigenvalue weighted by Crippen LogP contribution is -2.61. The Morgan fingerprint density at radius 1 is 1.17 bits per heavy atom. The minimum atomic E-state index is -0.986. The highest BCUT2D eigenvalue weighted by molar-refractivity contribution is 7.99. The molecule has 6 nitrogen and oxygen atoms in total. The molecule has 2 heterocycles. The van der Waals surface area contributed by atoms with Gasteiger partial charge in [0.2, 0.25) is 5.91 Å². The van der Waals surface area contributed by atoms with E-state index in [1.807, 2.05) is 20.1 Å². The molecule has 3 rings (SSSR count). The van der Waals surface area contributed by atoms with Crippen molar-refractivity contribution in [1.29, 1.82) is 0 Å². The van der Waals surface area contributed by atoms with Gasteiger partial charge in [-0.1, -0.05) is 46.0 Å². The molecule has 0 aromatic heterocycles. The van der Waals surface area contributed by atoms with Crippen molar-refractivity contribution in [3.8, 4) is 0 Å². The fourth-order valence-electron chi connectivity index (χ4n) is 4.92. The molecular formula is C22H40N2O4S. The van der Waals surface area contributed by atoms with Crippen LogP contribution in [0.1, 0.15) is 65.2 Å². The van der Waals surface area contributed by atoms with Crippen LogP contribution >= 0.6 is 11.8 Å². The summed E-state index contributed by atoms with van der Waals surface area (Å²) in [6, 6.07) is -0.516. The Bertz CT molecular complexity index is 531. The molecule has 2 aliphatic heterocycles. The van der Waals surface area contributed by atoms with E-state index in [2.05, 4.69) is 10.6 Å². The van der Waals surface area contributed by atoms with Gasteiger partial charge in [-0.15, -0.1) is 11.8 Å². The SMILES string of the molecule is CS[C@@H]1C[C@@H](O)[C@@H](O)[C@@H]([C@H](NC(=O)[C@@H]2C[C@H](CCC3CCC3)CCN2)C(C)C)O1. The fraction of sp³-hybridized carbons (Fsp3) is 0.955. The molecule has 0 aromatic rings. The molecule has 7 heteroatoms. The number of piperidine rings is 1. The molecule has 0 bridgehead atoms. The first-order chi connectivity index (χ1) is 13.9. The molecule has 0 unspecified atom stereocenters. The minimum absolute atomic E-state index is 0.00592. The molecule has 2 saturated heterocycles. The van der Waals surface area contributed by atoms with Crippen molar-refractivity contribution >= 4 is 17.7 Å². The summed E-state index contributed by atoms with van der Waals surface area (Å²) in [5, 5.41) is 27.3. The Balaban J connectivity index is 1.56. The van der Waals surface area contributed by atoms with Gasteiger partial charge in [0, 0.05) is 6.42 Å². The van der Waals surface area contributed by atoms with Crippen LogP contribution in [-0.2, 0) is 9.53 Å². The molecule has 0 radical (unpaired) electrons. The van der Waals surface area contributed by atoms with Gasteiger partial charge < -0.3 is 25.6 Å². The molecule has 4 N–H and O–H groups in total. The molecule has 3 aliphatic rings. The summed E-state index contributed by atoms with van der Waals surface area (Å²) >= 11 is 1.53. The highest BCUT2D eigenvalue weighted by atomic mass is 32.2. The van der Waals surface area contributed by atoms with E-state index in [-0.39, 0.29) is 29.3 Å². The van der Waals surface area contributed by atoms with E-state index in [1.54, 1.807) is 0 Å². The van der Waals surface area contributed by atoms with Crippen LogP contribution in [0.5, 0.6) is 0 Å². The summed E-state index contributed by atoms with van der Waals surface area (Å²) in [5.74, 6) is 1.62. The van der Waals surface area contributed by atoms with E-state index < -0.39 is 18.3 Å². The Morgan fingerprint density at radius 3 is 2.52 bits per heavy atom. The molecule has 0 spiro atoms. The van der Waals surface area contributed by atoms with Crippen LogP contribution in [0.15, 0.2) is 0 Å². The molecule has 7 atom stereocenters. The monoisotopic (exact) mass is 428 g/mol. The highest BCUT2D eigenvalue weighted by Crippen LogP contribution is 2.34. The second kappa shape index (κ2) is 10.8. The molecule has 1 aliphatic carbocycles. The first kappa shape index (κ1) is 23.3. The van der Waals surface area contributed by atoms with Gasteiger partial charge in [-0.3, -0.25) is 4.79 Å². The zero-order valence-electron chi connectivity index (χ0n) is 18.2. The van der Waals surface area contributed by atoms with Gasteiger partial charge in [-0.25, -0.2) is 0 Å². The smallest absolute Gasteiger partial charge is 0.237 e. The van der Waals surface area contributed by atoms with E-state index in [4.69, 9.17) is 4.74 Å². The third-order valence-corrected chi connectivity index (χ3v) is 7.98. The average Bonchev–Trinajstić information content (AvgIpc) is 2.67. The number of nitrogens with one attached hydrogen (secondary N) is 2. The zero-order valence-corrected chi connectivity index (χ0v) is 19.0. The maximum atomic E-state index is 13.1. The number of amides is 1. The fourth-order valence-corrected chi connectivity index (χ4v) is 5.55. The van der Waals surface area contributed by atoms with E-state index >= 15 is 0 Å². The summed E-state index contributed by atoms with van der Waals surface area (Å²) in [7, 11) is 0. The molecule has 0 aromatic carbocycles. The number of hydrogen-bond donors (Lipinski definition) is 4.